The molecule has 108 valence electrons. The number of aryl methyl sites for hydroxylation is 2. The molecule has 0 aliphatic heterocycles. The van der Waals surface area contributed by atoms with Gasteiger partial charge in [-0.1, -0.05) is 29.8 Å². The molecule has 3 aromatic rings. The fourth-order valence-corrected chi connectivity index (χ4v) is 3.12. The molecule has 3 rings (SSSR count). The predicted octanol–water partition coefficient (Wildman–Crippen LogP) is 4.50. The van der Waals surface area contributed by atoms with Crippen LogP contribution in [-0.4, -0.2) is 9.55 Å². The second-order valence-electron chi connectivity index (χ2n) is 5.09. The normalized spacial score (nSPS) is 11.2. The summed E-state index contributed by atoms with van der Waals surface area (Å²) in [5.74, 6) is 1.06. The smallest absolute Gasteiger partial charge is 0.114 e. The summed E-state index contributed by atoms with van der Waals surface area (Å²) in [5.41, 5.74) is 11.2. The van der Waals surface area contributed by atoms with Gasteiger partial charge in [0.05, 0.1) is 16.7 Å². The van der Waals surface area contributed by atoms with E-state index in [9.17, 15) is 0 Å². The number of nitrogens with zero attached hydrogens (tertiary/aromatic N) is 2. The lowest BCUT2D eigenvalue weighted by atomic mass is 10.1. The van der Waals surface area contributed by atoms with E-state index in [1.165, 1.54) is 11.3 Å². The number of halogens is 1. The Balaban J connectivity index is 2.33. The van der Waals surface area contributed by atoms with Gasteiger partial charge < -0.3 is 5.73 Å². The maximum Gasteiger partial charge on any atom is 0.114 e. The molecule has 21 heavy (non-hydrogen) atoms. The van der Waals surface area contributed by atoms with Crippen molar-refractivity contribution in [3.8, 4) is 5.69 Å². The van der Waals surface area contributed by atoms with Gasteiger partial charge in [0.1, 0.15) is 5.82 Å². The molecule has 0 radical (unpaired) electrons. The van der Waals surface area contributed by atoms with E-state index in [0.717, 1.165) is 39.9 Å². The van der Waals surface area contributed by atoms with Crippen molar-refractivity contribution in [1.82, 2.24) is 9.55 Å². The number of fused-ring (bicyclic) bond motifs is 1. The molecule has 0 aliphatic carbocycles. The molecular formula is C17H18BrN3. The third kappa shape index (κ3) is 2.44. The average Bonchev–Trinajstić information content (AvgIpc) is 2.84. The van der Waals surface area contributed by atoms with Crippen LogP contribution in [0, 0.1) is 0 Å². The van der Waals surface area contributed by atoms with Crippen molar-refractivity contribution in [3.05, 3.63) is 52.3 Å². The van der Waals surface area contributed by atoms with E-state index in [0.29, 0.717) is 0 Å². The summed E-state index contributed by atoms with van der Waals surface area (Å²) in [4.78, 5) is 4.74. The number of hydrogen-bond acceptors (Lipinski definition) is 2. The minimum absolute atomic E-state index is 0.751. The van der Waals surface area contributed by atoms with Gasteiger partial charge in [0.25, 0.3) is 0 Å². The minimum Gasteiger partial charge on any atom is -0.399 e. The quantitative estimate of drug-likeness (QED) is 0.711. The van der Waals surface area contributed by atoms with Crippen LogP contribution in [0.2, 0.25) is 0 Å². The topological polar surface area (TPSA) is 43.8 Å². The molecular weight excluding hydrogens is 326 g/mol. The van der Waals surface area contributed by atoms with Gasteiger partial charge in [0, 0.05) is 16.6 Å². The Morgan fingerprint density at radius 2 is 1.90 bits per heavy atom. The van der Waals surface area contributed by atoms with Gasteiger partial charge in [-0.2, -0.15) is 0 Å². The molecule has 0 amide bonds. The van der Waals surface area contributed by atoms with Crippen molar-refractivity contribution in [1.29, 1.82) is 0 Å². The second kappa shape index (κ2) is 5.53. The summed E-state index contributed by atoms with van der Waals surface area (Å²) in [7, 11) is 0. The first-order valence-corrected chi connectivity index (χ1v) is 7.99. The molecule has 0 aliphatic rings. The number of aromatic nitrogens is 2. The van der Waals surface area contributed by atoms with Crippen LogP contribution in [0.3, 0.4) is 0 Å². The van der Waals surface area contributed by atoms with Gasteiger partial charge in [-0.05, 0) is 48.4 Å². The van der Waals surface area contributed by atoms with Gasteiger partial charge >= 0.3 is 0 Å². The summed E-state index contributed by atoms with van der Waals surface area (Å²) < 4.78 is 3.36. The van der Waals surface area contributed by atoms with Crippen LogP contribution in [0.25, 0.3) is 16.7 Å². The number of nitrogen functional groups attached to an aromatic ring is 1. The Morgan fingerprint density at radius 3 is 2.62 bits per heavy atom. The Morgan fingerprint density at radius 1 is 1.10 bits per heavy atom. The number of imidazole rings is 1. The molecule has 0 saturated heterocycles. The molecule has 3 nitrogen and oxygen atoms in total. The Bertz CT molecular complexity index is 805. The van der Waals surface area contributed by atoms with Crippen LogP contribution < -0.4 is 5.73 Å². The van der Waals surface area contributed by atoms with Crippen LogP contribution in [0.15, 0.2) is 40.9 Å². The highest BCUT2D eigenvalue weighted by molar-refractivity contribution is 9.10. The first-order valence-electron chi connectivity index (χ1n) is 7.19. The molecule has 0 fully saturated rings. The molecule has 1 heterocycles. The van der Waals surface area contributed by atoms with Crippen molar-refractivity contribution < 1.29 is 0 Å². The second-order valence-corrected chi connectivity index (χ2v) is 6.01. The predicted molar refractivity (Wildman–Crippen MR) is 91.9 cm³/mol. The first-order chi connectivity index (χ1) is 10.1. The lowest BCUT2D eigenvalue weighted by Crippen LogP contribution is -2.03. The first kappa shape index (κ1) is 14.1. The average molecular weight is 344 g/mol. The zero-order valence-electron chi connectivity index (χ0n) is 12.2. The summed E-state index contributed by atoms with van der Waals surface area (Å²) in [5, 5.41) is 0. The molecule has 2 N–H and O–H groups in total. The van der Waals surface area contributed by atoms with Gasteiger partial charge in [-0.25, -0.2) is 4.98 Å². The van der Waals surface area contributed by atoms with E-state index in [4.69, 9.17) is 10.7 Å². The van der Waals surface area contributed by atoms with E-state index in [2.05, 4.69) is 58.6 Å². The Kier molecular flexibility index (Phi) is 3.72. The summed E-state index contributed by atoms with van der Waals surface area (Å²) in [6, 6.07) is 12.3. The van der Waals surface area contributed by atoms with E-state index in [-0.39, 0.29) is 0 Å². The van der Waals surface area contributed by atoms with Crippen LogP contribution in [0.5, 0.6) is 0 Å². The minimum atomic E-state index is 0.751. The number of nitrogens with two attached hydrogens (primary N) is 1. The standard InChI is InChI=1S/C17H18BrN3/c1-3-11-9-12(18)5-7-15(11)21-16-8-6-13(19)10-14(16)20-17(21)4-2/h5-10H,3-4,19H2,1-2H3. The highest BCUT2D eigenvalue weighted by Crippen LogP contribution is 2.28. The van der Waals surface area contributed by atoms with Crippen LogP contribution in [0.4, 0.5) is 5.69 Å². The summed E-state index contributed by atoms with van der Waals surface area (Å²) in [6.45, 7) is 4.31. The van der Waals surface area contributed by atoms with Crippen molar-refractivity contribution in [2.24, 2.45) is 0 Å². The molecule has 0 unspecified atom stereocenters. The van der Waals surface area contributed by atoms with Gasteiger partial charge in [-0.3, -0.25) is 4.57 Å². The van der Waals surface area contributed by atoms with Crippen molar-refractivity contribution in [3.63, 3.8) is 0 Å². The van der Waals surface area contributed by atoms with Crippen LogP contribution in [0.1, 0.15) is 25.2 Å². The third-order valence-electron chi connectivity index (χ3n) is 3.73. The van der Waals surface area contributed by atoms with Crippen LogP contribution in [-0.2, 0) is 12.8 Å². The SMILES string of the molecule is CCc1cc(Br)ccc1-n1c(CC)nc2cc(N)ccc21. The van der Waals surface area contributed by atoms with Crippen molar-refractivity contribution >= 4 is 32.7 Å². The fourth-order valence-electron chi connectivity index (χ4n) is 2.71. The zero-order chi connectivity index (χ0) is 15.0. The molecule has 0 bridgehead atoms. The van der Waals surface area contributed by atoms with Crippen molar-refractivity contribution in [2.45, 2.75) is 26.7 Å². The highest BCUT2D eigenvalue weighted by atomic mass is 79.9. The number of hydrogen-bond donors (Lipinski definition) is 1. The van der Waals surface area contributed by atoms with Gasteiger partial charge in [-0.15, -0.1) is 0 Å². The maximum atomic E-state index is 5.88. The lowest BCUT2D eigenvalue weighted by Gasteiger charge is -2.13. The van der Waals surface area contributed by atoms with Gasteiger partial charge in [0.2, 0.25) is 0 Å². The van der Waals surface area contributed by atoms with Crippen LogP contribution >= 0.6 is 15.9 Å². The van der Waals surface area contributed by atoms with E-state index in [1.54, 1.807) is 0 Å². The fraction of sp³-hybridized carbons (Fsp3) is 0.235. The number of anilines is 1. The molecule has 0 atom stereocenters. The van der Waals surface area contributed by atoms with Gasteiger partial charge in [0.15, 0.2) is 0 Å². The zero-order valence-corrected chi connectivity index (χ0v) is 13.8. The summed E-state index contributed by atoms with van der Waals surface area (Å²) in [6.07, 6.45) is 1.86. The largest absolute Gasteiger partial charge is 0.399 e. The van der Waals surface area contributed by atoms with Crippen molar-refractivity contribution in [2.75, 3.05) is 5.73 Å². The summed E-state index contributed by atoms with van der Waals surface area (Å²) >= 11 is 3.55. The molecule has 0 spiro atoms. The molecule has 1 aromatic heterocycles. The lowest BCUT2D eigenvalue weighted by molar-refractivity contribution is 0.895. The van der Waals surface area contributed by atoms with E-state index >= 15 is 0 Å². The molecule has 2 aromatic carbocycles. The molecule has 0 saturated carbocycles. The number of benzene rings is 2. The maximum absolute atomic E-state index is 5.88. The number of rotatable bonds is 3. The Labute approximate surface area is 132 Å². The monoisotopic (exact) mass is 343 g/mol. The molecule has 4 heteroatoms. The third-order valence-corrected chi connectivity index (χ3v) is 4.22. The van der Waals surface area contributed by atoms with E-state index < -0.39 is 0 Å². The Hall–Kier alpha value is -1.81. The van der Waals surface area contributed by atoms with E-state index in [1.807, 2.05) is 12.1 Å². The highest BCUT2D eigenvalue weighted by Gasteiger charge is 2.14.